The van der Waals surface area contributed by atoms with Crippen LogP contribution in [0.15, 0.2) is 5.16 Å². The maximum Gasteiger partial charge on any atom is 0.371 e. The van der Waals surface area contributed by atoms with Gasteiger partial charge in [0.25, 0.3) is 11.5 Å². The van der Waals surface area contributed by atoms with Crippen molar-refractivity contribution in [3.05, 3.63) is 0 Å². The zero-order valence-corrected chi connectivity index (χ0v) is 11.4. The fourth-order valence-electron chi connectivity index (χ4n) is 3.10. The van der Waals surface area contributed by atoms with Crippen molar-refractivity contribution < 1.29 is 24.3 Å². The molecule has 2 fully saturated rings. The normalized spacial score (nSPS) is 35.3. The molecule has 2 atom stereocenters. The van der Waals surface area contributed by atoms with Crippen LogP contribution in [0.5, 0.6) is 0 Å². The average molecular weight is 269 g/mol. The first-order valence-electron chi connectivity index (χ1n) is 6.58. The van der Waals surface area contributed by atoms with Gasteiger partial charge < -0.3 is 14.7 Å². The monoisotopic (exact) mass is 269 g/mol. The van der Waals surface area contributed by atoms with Gasteiger partial charge in [0.15, 0.2) is 0 Å². The molecular formula is C13H19NO5. The number of hydrogen-bond acceptors (Lipinski definition) is 6. The van der Waals surface area contributed by atoms with Gasteiger partial charge in [0.2, 0.25) is 0 Å². The molecule has 0 unspecified atom stereocenters. The van der Waals surface area contributed by atoms with E-state index in [4.69, 9.17) is 14.7 Å². The highest BCUT2D eigenvalue weighted by Gasteiger charge is 2.55. The zero-order chi connectivity index (χ0) is 14.2. The molecule has 1 saturated heterocycles. The fraction of sp³-hybridized carbons (Fsp3) is 0.769. The zero-order valence-electron chi connectivity index (χ0n) is 11.4. The van der Waals surface area contributed by atoms with Crippen molar-refractivity contribution >= 4 is 17.7 Å². The molecule has 1 aliphatic carbocycles. The number of carbonyl (C=O) groups is 2. The first kappa shape index (κ1) is 13.8. The Morgan fingerprint density at radius 3 is 2.32 bits per heavy atom. The number of rotatable bonds is 1. The molecule has 1 spiro atoms. The minimum Gasteiger partial charge on any atom is -0.417 e. The van der Waals surface area contributed by atoms with Crippen LogP contribution in [0.2, 0.25) is 0 Å². The first-order valence-corrected chi connectivity index (χ1v) is 6.58. The van der Waals surface area contributed by atoms with E-state index in [2.05, 4.69) is 5.16 Å². The van der Waals surface area contributed by atoms with Crippen LogP contribution < -0.4 is 0 Å². The molecule has 1 saturated carbocycles. The molecule has 2 aliphatic rings. The van der Waals surface area contributed by atoms with Crippen LogP contribution in [0.25, 0.3) is 0 Å². The van der Waals surface area contributed by atoms with Crippen LogP contribution in [0.1, 0.15) is 40.0 Å². The number of esters is 2. The molecular weight excluding hydrogens is 250 g/mol. The van der Waals surface area contributed by atoms with Crippen LogP contribution in [0.4, 0.5) is 0 Å². The van der Waals surface area contributed by atoms with Gasteiger partial charge in [0.05, 0.1) is 0 Å². The minimum atomic E-state index is -1.20. The van der Waals surface area contributed by atoms with E-state index in [-0.39, 0.29) is 11.8 Å². The summed E-state index contributed by atoms with van der Waals surface area (Å²) in [6.45, 7) is 6.06. The van der Waals surface area contributed by atoms with Crippen molar-refractivity contribution in [1.29, 1.82) is 0 Å². The van der Waals surface area contributed by atoms with E-state index in [0.717, 1.165) is 12.8 Å². The van der Waals surface area contributed by atoms with E-state index < -0.39 is 23.4 Å². The minimum absolute atomic E-state index is 0.0307. The maximum absolute atomic E-state index is 11.8. The van der Waals surface area contributed by atoms with Gasteiger partial charge in [-0.25, -0.2) is 9.59 Å². The number of nitrogens with zero attached hydrogens (tertiary/aromatic N) is 1. The number of carbonyl (C=O) groups excluding carboxylic acids is 2. The molecule has 2 rings (SSSR count). The Hall–Kier alpha value is -1.59. The summed E-state index contributed by atoms with van der Waals surface area (Å²) in [7, 11) is 0. The maximum atomic E-state index is 11.8. The molecule has 0 radical (unpaired) electrons. The molecule has 19 heavy (non-hydrogen) atoms. The lowest BCUT2D eigenvalue weighted by molar-refractivity contribution is -0.268. The van der Waals surface area contributed by atoms with Gasteiger partial charge >= 0.3 is 11.9 Å². The van der Waals surface area contributed by atoms with Crippen LogP contribution in [0.3, 0.4) is 0 Å². The van der Waals surface area contributed by atoms with E-state index in [1.54, 1.807) is 0 Å². The summed E-state index contributed by atoms with van der Waals surface area (Å²) in [5.74, 6) is -2.51. The summed E-state index contributed by atoms with van der Waals surface area (Å²) in [5, 5.41) is 11.3. The number of oxime groups is 1. The Morgan fingerprint density at radius 2 is 1.84 bits per heavy atom. The molecule has 106 valence electrons. The molecule has 0 amide bonds. The van der Waals surface area contributed by atoms with Gasteiger partial charge in [-0.2, -0.15) is 0 Å². The van der Waals surface area contributed by atoms with Crippen LogP contribution in [0, 0.1) is 17.8 Å². The molecule has 6 nitrogen and oxygen atoms in total. The van der Waals surface area contributed by atoms with Crippen molar-refractivity contribution in [1.82, 2.24) is 0 Å². The summed E-state index contributed by atoms with van der Waals surface area (Å²) in [4.78, 5) is 23.5. The van der Waals surface area contributed by atoms with Crippen LogP contribution in [-0.4, -0.2) is 28.6 Å². The van der Waals surface area contributed by atoms with Crippen LogP contribution in [-0.2, 0) is 19.1 Å². The van der Waals surface area contributed by atoms with Crippen LogP contribution >= 0.6 is 0 Å². The first-order chi connectivity index (χ1) is 8.89. The Morgan fingerprint density at radius 1 is 1.26 bits per heavy atom. The third kappa shape index (κ3) is 2.31. The fourth-order valence-corrected chi connectivity index (χ4v) is 3.10. The average Bonchev–Trinajstić information content (AvgIpc) is 2.27. The predicted octanol–water partition coefficient (Wildman–Crippen LogP) is 1.71. The summed E-state index contributed by atoms with van der Waals surface area (Å²) in [6, 6.07) is 0. The van der Waals surface area contributed by atoms with Gasteiger partial charge in [0.1, 0.15) is 0 Å². The molecule has 1 N–H and O–H groups in total. The second-order valence-electron chi connectivity index (χ2n) is 5.78. The Balaban J connectivity index is 2.34. The third-order valence-electron chi connectivity index (χ3n) is 3.99. The standard InChI is InChI=1S/C13H19NO5/c1-7(2)9-5-4-8(3)6-13(9)18-11(15)10(14-17)12(16)19-13/h7-9,17H,4-6H2,1-3H3/t8-,9+,13?/m1/s1. The SMILES string of the molecule is CC(C)[C@@H]1CC[C@@H](C)CC12OC(=O)C(=NO)C(=O)O2. The van der Waals surface area contributed by atoms with Crippen molar-refractivity contribution in [3.8, 4) is 0 Å². The molecule has 1 aliphatic heterocycles. The largest absolute Gasteiger partial charge is 0.417 e. The second kappa shape index (κ2) is 4.83. The lowest BCUT2D eigenvalue weighted by Gasteiger charge is -2.47. The highest BCUT2D eigenvalue weighted by Crippen LogP contribution is 2.45. The van der Waals surface area contributed by atoms with Gasteiger partial charge in [-0.3, -0.25) is 0 Å². The van der Waals surface area contributed by atoms with E-state index in [9.17, 15) is 9.59 Å². The molecule has 1 heterocycles. The van der Waals surface area contributed by atoms with Gasteiger partial charge in [-0.1, -0.05) is 25.9 Å². The highest BCUT2D eigenvalue weighted by atomic mass is 16.7. The summed E-state index contributed by atoms with van der Waals surface area (Å²) >= 11 is 0. The number of ether oxygens (including phenoxy) is 2. The third-order valence-corrected chi connectivity index (χ3v) is 3.99. The van der Waals surface area contributed by atoms with Crippen molar-refractivity contribution in [2.75, 3.05) is 0 Å². The Bertz CT molecular complexity index is 409. The molecule has 0 aromatic heterocycles. The lowest BCUT2D eigenvalue weighted by Crippen LogP contribution is -2.58. The molecule has 0 aromatic rings. The predicted molar refractivity (Wildman–Crippen MR) is 65.5 cm³/mol. The van der Waals surface area contributed by atoms with Gasteiger partial charge in [-0.05, 0) is 24.7 Å². The quantitative estimate of drug-likeness (QED) is 0.445. The van der Waals surface area contributed by atoms with E-state index in [1.807, 2.05) is 20.8 Å². The van der Waals surface area contributed by atoms with Crippen molar-refractivity contribution in [2.24, 2.45) is 22.9 Å². The summed E-state index contributed by atoms with van der Waals surface area (Å²) in [6.07, 6.45) is 2.34. The smallest absolute Gasteiger partial charge is 0.371 e. The molecule has 0 bridgehead atoms. The molecule has 0 aromatic carbocycles. The van der Waals surface area contributed by atoms with E-state index >= 15 is 0 Å². The lowest BCUT2D eigenvalue weighted by atomic mass is 9.72. The van der Waals surface area contributed by atoms with E-state index in [0.29, 0.717) is 12.3 Å². The van der Waals surface area contributed by atoms with Crippen molar-refractivity contribution in [3.63, 3.8) is 0 Å². The van der Waals surface area contributed by atoms with Crippen molar-refractivity contribution in [2.45, 2.75) is 45.8 Å². The summed E-state index contributed by atoms with van der Waals surface area (Å²) < 4.78 is 10.7. The number of hydrogen-bond donors (Lipinski definition) is 1. The Kier molecular flexibility index (Phi) is 3.52. The summed E-state index contributed by atoms with van der Waals surface area (Å²) in [5.41, 5.74) is -0.689. The second-order valence-corrected chi connectivity index (χ2v) is 5.78. The van der Waals surface area contributed by atoms with Gasteiger partial charge in [0, 0.05) is 12.3 Å². The Labute approximate surface area is 111 Å². The van der Waals surface area contributed by atoms with E-state index in [1.165, 1.54) is 0 Å². The highest BCUT2D eigenvalue weighted by molar-refractivity contribution is 6.63. The molecule has 6 heteroatoms. The topological polar surface area (TPSA) is 85.2 Å². The van der Waals surface area contributed by atoms with Gasteiger partial charge in [-0.15, -0.1) is 0 Å².